The molecule has 0 aromatic heterocycles. The summed E-state index contributed by atoms with van der Waals surface area (Å²) in [6.07, 6.45) is 16.9. The van der Waals surface area contributed by atoms with Crippen molar-refractivity contribution in [2.45, 2.75) is 82.6 Å². The van der Waals surface area contributed by atoms with Crippen molar-refractivity contribution in [2.24, 2.45) is 5.73 Å². The summed E-state index contributed by atoms with van der Waals surface area (Å²) >= 11 is 0. The van der Waals surface area contributed by atoms with Gasteiger partial charge < -0.3 is 5.73 Å². The van der Waals surface area contributed by atoms with Gasteiger partial charge in [0.25, 0.3) is 0 Å². The average Bonchev–Trinajstić information content (AvgIpc) is 2.30. The van der Waals surface area contributed by atoms with Gasteiger partial charge in [0.2, 0.25) is 0 Å². The molecule has 2 nitrogen and oxygen atoms in total. The van der Waals surface area contributed by atoms with Crippen LogP contribution in [0, 0.1) is 0 Å². The summed E-state index contributed by atoms with van der Waals surface area (Å²) in [6.45, 7) is 3.49. The van der Waals surface area contributed by atoms with Gasteiger partial charge in [0.15, 0.2) is 0 Å². The third-order valence-corrected chi connectivity index (χ3v) is 5.19. The summed E-state index contributed by atoms with van der Waals surface area (Å²) < 4.78 is 0. The first-order valence-electron chi connectivity index (χ1n) is 8.32. The minimum Gasteiger partial charge on any atom is -0.329 e. The second kappa shape index (κ2) is 7.49. The second-order valence-electron chi connectivity index (χ2n) is 6.45. The van der Waals surface area contributed by atoms with E-state index in [1.165, 1.54) is 90.1 Å². The summed E-state index contributed by atoms with van der Waals surface area (Å²) in [5, 5.41) is 0. The lowest BCUT2D eigenvalue weighted by Gasteiger charge is -2.45. The van der Waals surface area contributed by atoms with E-state index in [9.17, 15) is 0 Å². The van der Waals surface area contributed by atoms with Crippen molar-refractivity contribution < 1.29 is 0 Å². The molecule has 1 saturated heterocycles. The monoisotopic (exact) mass is 252 g/mol. The molecule has 1 aliphatic heterocycles. The largest absolute Gasteiger partial charge is 0.329 e. The Kier molecular flexibility index (Phi) is 5.97. The third-order valence-electron chi connectivity index (χ3n) is 5.19. The Hall–Kier alpha value is -0.0800. The molecule has 0 spiro atoms. The minimum absolute atomic E-state index is 0.359. The fraction of sp³-hybridized carbons (Fsp3) is 1.00. The summed E-state index contributed by atoms with van der Waals surface area (Å²) in [6, 6.07) is 0. The van der Waals surface area contributed by atoms with Crippen LogP contribution >= 0.6 is 0 Å². The van der Waals surface area contributed by atoms with E-state index in [0.717, 1.165) is 6.54 Å². The van der Waals surface area contributed by atoms with Crippen LogP contribution in [0.4, 0.5) is 0 Å². The first kappa shape index (κ1) is 14.3. The molecule has 1 aliphatic carbocycles. The molecular formula is C16H32N2. The highest BCUT2D eigenvalue weighted by Gasteiger charge is 2.34. The highest BCUT2D eigenvalue weighted by atomic mass is 15.2. The van der Waals surface area contributed by atoms with Crippen LogP contribution in [0.15, 0.2) is 0 Å². The Morgan fingerprint density at radius 3 is 1.61 bits per heavy atom. The molecule has 0 aromatic carbocycles. The van der Waals surface area contributed by atoms with Crippen LogP contribution in [0.25, 0.3) is 0 Å². The fourth-order valence-corrected chi connectivity index (χ4v) is 3.93. The van der Waals surface area contributed by atoms with Crippen molar-refractivity contribution in [2.75, 3.05) is 19.6 Å². The van der Waals surface area contributed by atoms with E-state index in [2.05, 4.69) is 4.90 Å². The van der Waals surface area contributed by atoms with Crippen LogP contribution < -0.4 is 5.73 Å². The lowest BCUT2D eigenvalue weighted by molar-refractivity contribution is 0.0587. The van der Waals surface area contributed by atoms with Crippen molar-refractivity contribution in [1.82, 2.24) is 4.90 Å². The van der Waals surface area contributed by atoms with E-state index in [1.54, 1.807) is 0 Å². The van der Waals surface area contributed by atoms with Crippen LogP contribution in [0.1, 0.15) is 77.0 Å². The first-order chi connectivity index (χ1) is 8.87. The van der Waals surface area contributed by atoms with Crippen LogP contribution in [0.3, 0.4) is 0 Å². The SMILES string of the molecule is NCC1(N2CCCCCCC2)CCCCCCC1. The maximum absolute atomic E-state index is 6.24. The van der Waals surface area contributed by atoms with Crippen molar-refractivity contribution in [1.29, 1.82) is 0 Å². The first-order valence-corrected chi connectivity index (χ1v) is 8.32. The fourth-order valence-electron chi connectivity index (χ4n) is 3.93. The standard InChI is InChI=1S/C16H32N2/c17-15-16(11-7-3-1-4-8-12-16)18-13-9-5-2-6-10-14-18/h1-15,17H2. The topological polar surface area (TPSA) is 29.3 Å². The quantitative estimate of drug-likeness (QED) is 0.812. The van der Waals surface area contributed by atoms with Gasteiger partial charge in [-0.3, -0.25) is 4.90 Å². The number of likely N-dealkylation sites (tertiary alicyclic amines) is 1. The van der Waals surface area contributed by atoms with Crippen molar-refractivity contribution in [3.05, 3.63) is 0 Å². The number of hydrogen-bond acceptors (Lipinski definition) is 2. The normalized spacial score (nSPS) is 27.8. The summed E-state index contributed by atoms with van der Waals surface area (Å²) in [7, 11) is 0. The molecule has 2 N–H and O–H groups in total. The third kappa shape index (κ3) is 3.71. The van der Waals surface area contributed by atoms with Gasteiger partial charge in [0, 0.05) is 12.1 Å². The van der Waals surface area contributed by atoms with Crippen LogP contribution in [0.2, 0.25) is 0 Å². The molecule has 2 aliphatic rings. The molecule has 106 valence electrons. The summed E-state index contributed by atoms with van der Waals surface area (Å²) in [5.74, 6) is 0. The van der Waals surface area contributed by atoms with E-state index < -0.39 is 0 Å². The molecular weight excluding hydrogens is 220 g/mol. The highest BCUT2D eigenvalue weighted by molar-refractivity contribution is 4.93. The van der Waals surface area contributed by atoms with Gasteiger partial charge in [-0.25, -0.2) is 0 Å². The van der Waals surface area contributed by atoms with Gasteiger partial charge >= 0.3 is 0 Å². The van der Waals surface area contributed by atoms with Crippen LogP contribution in [-0.2, 0) is 0 Å². The van der Waals surface area contributed by atoms with E-state index in [0.29, 0.717) is 5.54 Å². The van der Waals surface area contributed by atoms with Crippen molar-refractivity contribution >= 4 is 0 Å². The molecule has 0 amide bonds. The van der Waals surface area contributed by atoms with E-state index in [1.807, 2.05) is 0 Å². The Bertz CT molecular complexity index is 211. The predicted molar refractivity (Wildman–Crippen MR) is 78.8 cm³/mol. The van der Waals surface area contributed by atoms with Gasteiger partial charge in [-0.15, -0.1) is 0 Å². The summed E-state index contributed by atoms with van der Waals surface area (Å²) in [4.78, 5) is 2.79. The number of hydrogen-bond donors (Lipinski definition) is 1. The van der Waals surface area contributed by atoms with Gasteiger partial charge in [-0.2, -0.15) is 0 Å². The lowest BCUT2D eigenvalue weighted by atomic mass is 9.81. The lowest BCUT2D eigenvalue weighted by Crippen LogP contribution is -2.55. The molecule has 2 rings (SSSR count). The summed E-state index contributed by atoms with van der Waals surface area (Å²) in [5.41, 5.74) is 6.60. The zero-order chi connectivity index (χ0) is 12.7. The smallest absolute Gasteiger partial charge is 0.0331 e. The maximum Gasteiger partial charge on any atom is 0.0331 e. The van der Waals surface area contributed by atoms with Gasteiger partial charge in [-0.05, 0) is 38.8 Å². The molecule has 2 heteroatoms. The van der Waals surface area contributed by atoms with E-state index in [-0.39, 0.29) is 0 Å². The molecule has 2 fully saturated rings. The van der Waals surface area contributed by atoms with Gasteiger partial charge in [-0.1, -0.05) is 51.4 Å². The number of rotatable bonds is 2. The Morgan fingerprint density at radius 1 is 0.667 bits per heavy atom. The van der Waals surface area contributed by atoms with Crippen molar-refractivity contribution in [3.8, 4) is 0 Å². The predicted octanol–water partition coefficient (Wildman–Crippen LogP) is 3.69. The van der Waals surface area contributed by atoms with E-state index in [4.69, 9.17) is 5.73 Å². The molecule has 0 aromatic rings. The molecule has 18 heavy (non-hydrogen) atoms. The molecule has 1 saturated carbocycles. The zero-order valence-electron chi connectivity index (χ0n) is 12.1. The molecule has 0 bridgehead atoms. The van der Waals surface area contributed by atoms with Crippen LogP contribution in [0.5, 0.6) is 0 Å². The Balaban J connectivity index is 2.01. The zero-order valence-corrected chi connectivity index (χ0v) is 12.1. The van der Waals surface area contributed by atoms with Gasteiger partial charge in [0.1, 0.15) is 0 Å². The molecule has 0 unspecified atom stereocenters. The Morgan fingerprint density at radius 2 is 1.11 bits per heavy atom. The molecule has 0 radical (unpaired) electrons. The second-order valence-corrected chi connectivity index (χ2v) is 6.45. The number of nitrogens with two attached hydrogens (primary N) is 1. The number of nitrogens with zero attached hydrogens (tertiary/aromatic N) is 1. The van der Waals surface area contributed by atoms with E-state index >= 15 is 0 Å². The van der Waals surface area contributed by atoms with Gasteiger partial charge in [0.05, 0.1) is 0 Å². The minimum atomic E-state index is 0.359. The highest BCUT2D eigenvalue weighted by Crippen LogP contribution is 2.32. The van der Waals surface area contributed by atoms with Crippen LogP contribution in [-0.4, -0.2) is 30.1 Å². The molecule has 0 atom stereocenters. The van der Waals surface area contributed by atoms with Crippen molar-refractivity contribution in [3.63, 3.8) is 0 Å². The maximum atomic E-state index is 6.24. The Labute approximate surface area is 113 Å². The molecule has 1 heterocycles. The average molecular weight is 252 g/mol.